The molecule has 0 saturated carbocycles. The van der Waals surface area contributed by atoms with Crippen molar-refractivity contribution in [2.75, 3.05) is 33.2 Å². The molecule has 1 fully saturated rings. The number of hydrogen-bond donors (Lipinski definition) is 0. The van der Waals surface area contributed by atoms with Crippen molar-refractivity contribution in [2.45, 2.75) is 32.2 Å². The van der Waals surface area contributed by atoms with E-state index in [4.69, 9.17) is 0 Å². The van der Waals surface area contributed by atoms with Crippen LogP contribution in [0.4, 0.5) is 0 Å². The molecule has 1 saturated heterocycles. The summed E-state index contributed by atoms with van der Waals surface area (Å²) >= 11 is 0. The van der Waals surface area contributed by atoms with Crippen LogP contribution in [0.2, 0.25) is 0 Å². The van der Waals surface area contributed by atoms with Crippen molar-refractivity contribution >= 4 is 0 Å². The minimum Gasteiger partial charge on any atom is -0.304 e. The maximum absolute atomic E-state index is 2.69. The van der Waals surface area contributed by atoms with E-state index in [1.807, 2.05) is 0 Å². The van der Waals surface area contributed by atoms with Crippen molar-refractivity contribution in [3.05, 3.63) is 18.1 Å². The molecule has 2 nitrogen and oxygen atoms in total. The quantitative estimate of drug-likeness (QED) is 0.683. The first-order valence-corrected chi connectivity index (χ1v) is 6.20. The van der Waals surface area contributed by atoms with E-state index in [0.717, 1.165) is 6.04 Å². The number of piperazine rings is 1. The van der Waals surface area contributed by atoms with Crippen LogP contribution >= 0.6 is 0 Å². The normalized spacial score (nSPS) is 30.3. The van der Waals surface area contributed by atoms with Crippen molar-refractivity contribution < 1.29 is 0 Å². The van der Waals surface area contributed by atoms with Gasteiger partial charge in [0.25, 0.3) is 0 Å². The zero-order chi connectivity index (χ0) is 10.7. The fourth-order valence-electron chi connectivity index (χ4n) is 2.65. The summed E-state index contributed by atoms with van der Waals surface area (Å²) in [5.41, 5.74) is 1.56. The van der Waals surface area contributed by atoms with Crippen LogP contribution in [0.25, 0.3) is 0 Å². The lowest BCUT2D eigenvalue weighted by molar-refractivity contribution is 0.105. The maximum atomic E-state index is 2.69. The molecule has 0 spiro atoms. The Hall–Kier alpha value is -0.340. The van der Waals surface area contributed by atoms with E-state index < -0.39 is 0 Å². The van der Waals surface area contributed by atoms with Gasteiger partial charge in [-0.3, -0.25) is 4.90 Å². The Kier molecular flexibility index (Phi) is 3.81. The highest BCUT2D eigenvalue weighted by Gasteiger charge is 2.24. The third kappa shape index (κ3) is 2.82. The zero-order valence-corrected chi connectivity index (χ0v) is 10.1. The molecule has 0 N–H and O–H groups in total. The fraction of sp³-hybridized carbons (Fsp3) is 0.769. The molecule has 1 heterocycles. The Bertz CT molecular complexity index is 227. The van der Waals surface area contributed by atoms with Crippen LogP contribution in [0, 0.1) is 6.42 Å². The average Bonchev–Trinajstić information content (AvgIpc) is 2.30. The molecule has 1 aliphatic carbocycles. The number of hydrogen-bond acceptors (Lipinski definition) is 2. The van der Waals surface area contributed by atoms with E-state index in [1.54, 1.807) is 5.57 Å². The van der Waals surface area contributed by atoms with Gasteiger partial charge in [0.1, 0.15) is 0 Å². The second-order valence-electron chi connectivity index (χ2n) is 4.84. The summed E-state index contributed by atoms with van der Waals surface area (Å²) in [7, 11) is 2.23. The highest BCUT2D eigenvalue weighted by Crippen LogP contribution is 2.24. The van der Waals surface area contributed by atoms with Crippen molar-refractivity contribution in [3.8, 4) is 0 Å². The SMILES string of the molecule is C[CH]C1=CCCC(N2CCN(C)CC2)C1. The molecule has 2 rings (SSSR count). The first kappa shape index (κ1) is 11.2. The van der Waals surface area contributed by atoms with Gasteiger partial charge in [0, 0.05) is 32.2 Å². The van der Waals surface area contributed by atoms with E-state index in [1.165, 1.54) is 45.4 Å². The number of nitrogens with zero attached hydrogens (tertiary/aromatic N) is 2. The van der Waals surface area contributed by atoms with E-state index in [-0.39, 0.29) is 0 Å². The van der Waals surface area contributed by atoms with E-state index in [9.17, 15) is 0 Å². The summed E-state index contributed by atoms with van der Waals surface area (Å²) in [4.78, 5) is 5.12. The fourth-order valence-corrected chi connectivity index (χ4v) is 2.65. The predicted molar refractivity (Wildman–Crippen MR) is 64.8 cm³/mol. The van der Waals surface area contributed by atoms with Gasteiger partial charge in [-0.15, -0.1) is 0 Å². The molecule has 15 heavy (non-hydrogen) atoms. The molecule has 1 radical (unpaired) electrons. The summed E-state index contributed by atoms with van der Waals surface area (Å²) in [5.74, 6) is 0. The lowest BCUT2D eigenvalue weighted by Gasteiger charge is -2.39. The number of allylic oxidation sites excluding steroid dienone is 1. The number of rotatable bonds is 2. The van der Waals surface area contributed by atoms with Crippen molar-refractivity contribution in [2.24, 2.45) is 0 Å². The van der Waals surface area contributed by atoms with Crippen LogP contribution in [0.3, 0.4) is 0 Å². The molecule has 1 atom stereocenters. The van der Waals surface area contributed by atoms with Gasteiger partial charge in [0.2, 0.25) is 0 Å². The molecule has 0 bridgehead atoms. The highest BCUT2D eigenvalue weighted by atomic mass is 15.3. The standard InChI is InChI=1S/C13H23N2/c1-3-12-5-4-6-13(11-12)15-9-7-14(2)8-10-15/h3,5,13H,4,6-11H2,1-2H3. The van der Waals surface area contributed by atoms with Gasteiger partial charge in [-0.05, 0) is 32.7 Å². The summed E-state index contributed by atoms with van der Waals surface area (Å²) in [6.45, 7) is 7.17. The molecule has 85 valence electrons. The van der Waals surface area contributed by atoms with Crippen LogP contribution in [-0.4, -0.2) is 49.1 Å². The Labute approximate surface area is 93.9 Å². The molecule has 2 aliphatic rings. The lowest BCUT2D eigenvalue weighted by atomic mass is 9.92. The van der Waals surface area contributed by atoms with Crippen molar-refractivity contribution in [1.29, 1.82) is 0 Å². The van der Waals surface area contributed by atoms with Crippen LogP contribution in [0.5, 0.6) is 0 Å². The van der Waals surface area contributed by atoms with Gasteiger partial charge >= 0.3 is 0 Å². The topological polar surface area (TPSA) is 6.48 Å². The Morgan fingerprint density at radius 1 is 1.27 bits per heavy atom. The minimum absolute atomic E-state index is 0.815. The van der Waals surface area contributed by atoms with Crippen molar-refractivity contribution in [1.82, 2.24) is 9.80 Å². The second-order valence-corrected chi connectivity index (χ2v) is 4.84. The summed E-state index contributed by atoms with van der Waals surface area (Å²) in [5, 5.41) is 0. The molecular weight excluding hydrogens is 184 g/mol. The van der Waals surface area contributed by atoms with Gasteiger partial charge in [0.05, 0.1) is 0 Å². The van der Waals surface area contributed by atoms with E-state index in [2.05, 4.69) is 36.3 Å². The van der Waals surface area contributed by atoms with E-state index in [0.29, 0.717) is 0 Å². The van der Waals surface area contributed by atoms with Crippen molar-refractivity contribution in [3.63, 3.8) is 0 Å². The average molecular weight is 207 g/mol. The van der Waals surface area contributed by atoms with Gasteiger partial charge in [-0.25, -0.2) is 0 Å². The van der Waals surface area contributed by atoms with Crippen LogP contribution < -0.4 is 0 Å². The minimum atomic E-state index is 0.815. The van der Waals surface area contributed by atoms with Crippen LogP contribution in [-0.2, 0) is 0 Å². The Morgan fingerprint density at radius 2 is 2.00 bits per heavy atom. The summed E-state index contributed by atoms with van der Waals surface area (Å²) in [6.07, 6.45) is 8.60. The van der Waals surface area contributed by atoms with Gasteiger partial charge < -0.3 is 4.90 Å². The second kappa shape index (κ2) is 5.13. The van der Waals surface area contributed by atoms with Gasteiger partial charge in [-0.2, -0.15) is 0 Å². The molecule has 1 aliphatic heterocycles. The maximum Gasteiger partial charge on any atom is 0.0137 e. The molecule has 0 aromatic carbocycles. The van der Waals surface area contributed by atoms with Crippen LogP contribution in [0.15, 0.2) is 11.6 Å². The third-order valence-electron chi connectivity index (χ3n) is 3.80. The summed E-state index contributed by atoms with van der Waals surface area (Å²) in [6, 6.07) is 0.815. The summed E-state index contributed by atoms with van der Waals surface area (Å²) < 4.78 is 0. The first-order chi connectivity index (χ1) is 7.29. The third-order valence-corrected chi connectivity index (χ3v) is 3.80. The largest absolute Gasteiger partial charge is 0.304 e. The smallest absolute Gasteiger partial charge is 0.0137 e. The Morgan fingerprint density at radius 3 is 2.67 bits per heavy atom. The highest BCUT2D eigenvalue weighted by molar-refractivity contribution is 5.16. The van der Waals surface area contributed by atoms with Gasteiger partial charge in [-0.1, -0.05) is 18.6 Å². The van der Waals surface area contributed by atoms with E-state index >= 15 is 0 Å². The monoisotopic (exact) mass is 207 g/mol. The first-order valence-electron chi connectivity index (χ1n) is 6.20. The Balaban J connectivity index is 1.86. The number of likely N-dealkylation sites (N-methyl/N-ethyl adjacent to an activating group) is 1. The predicted octanol–water partition coefficient (Wildman–Crippen LogP) is 1.94. The van der Waals surface area contributed by atoms with Crippen LogP contribution in [0.1, 0.15) is 26.2 Å². The van der Waals surface area contributed by atoms with Gasteiger partial charge in [0.15, 0.2) is 0 Å². The molecule has 0 aromatic rings. The lowest BCUT2D eigenvalue weighted by Crippen LogP contribution is -2.49. The molecular formula is C13H23N2. The molecule has 0 amide bonds. The zero-order valence-electron chi connectivity index (χ0n) is 10.1. The molecule has 1 unspecified atom stereocenters. The molecule has 0 aromatic heterocycles. The molecule has 2 heteroatoms.